The second kappa shape index (κ2) is 7.59. The molecule has 0 saturated heterocycles. The number of hydrogen-bond acceptors (Lipinski definition) is 2. The Labute approximate surface area is 142 Å². The van der Waals surface area contributed by atoms with E-state index in [1.165, 1.54) is 0 Å². The van der Waals surface area contributed by atoms with Crippen LogP contribution in [0.2, 0.25) is 5.02 Å². The van der Waals surface area contributed by atoms with Crippen LogP contribution in [0.25, 0.3) is 0 Å². The molecule has 0 fully saturated rings. The minimum Gasteiger partial charge on any atom is -0.207 e. The maximum atomic E-state index is 12.6. The van der Waals surface area contributed by atoms with Gasteiger partial charge in [0, 0.05) is 5.02 Å². The molecule has 0 aliphatic carbocycles. The van der Waals surface area contributed by atoms with Gasteiger partial charge in [0.1, 0.15) is 0 Å². The lowest BCUT2D eigenvalue weighted by Gasteiger charge is -2.16. The third-order valence-corrected chi connectivity index (χ3v) is 4.99. The first-order chi connectivity index (χ1) is 10.9. The summed E-state index contributed by atoms with van der Waals surface area (Å²) in [7, 11) is -3.63. The van der Waals surface area contributed by atoms with Gasteiger partial charge in [0.2, 0.25) is 10.0 Å². The van der Waals surface area contributed by atoms with E-state index in [0.29, 0.717) is 5.02 Å². The third-order valence-electron chi connectivity index (χ3n) is 3.28. The SMILES string of the molecule is C=C/C=C\[C@H](NS(=O)(=O)c1ccc(C)cc1)c1ccc(Cl)cc1. The first-order valence-corrected chi connectivity index (χ1v) is 8.92. The molecule has 1 atom stereocenters. The van der Waals surface area contributed by atoms with E-state index >= 15 is 0 Å². The topological polar surface area (TPSA) is 46.2 Å². The number of rotatable bonds is 6. The Bertz CT molecular complexity index is 794. The number of halogens is 1. The summed E-state index contributed by atoms with van der Waals surface area (Å²) in [6.45, 7) is 5.53. The predicted molar refractivity (Wildman–Crippen MR) is 95.0 cm³/mol. The molecule has 23 heavy (non-hydrogen) atoms. The summed E-state index contributed by atoms with van der Waals surface area (Å²) in [5, 5.41) is 0.599. The van der Waals surface area contributed by atoms with Crippen LogP contribution in [0.3, 0.4) is 0 Å². The maximum absolute atomic E-state index is 12.6. The first-order valence-electron chi connectivity index (χ1n) is 7.06. The van der Waals surface area contributed by atoms with Gasteiger partial charge in [-0.3, -0.25) is 0 Å². The van der Waals surface area contributed by atoms with Crippen molar-refractivity contribution in [2.24, 2.45) is 0 Å². The number of benzene rings is 2. The van der Waals surface area contributed by atoms with Gasteiger partial charge in [-0.25, -0.2) is 8.42 Å². The van der Waals surface area contributed by atoms with Crippen LogP contribution >= 0.6 is 11.6 Å². The van der Waals surface area contributed by atoms with Crippen LogP contribution in [0.4, 0.5) is 0 Å². The van der Waals surface area contributed by atoms with E-state index in [0.717, 1.165) is 11.1 Å². The second-order valence-electron chi connectivity index (χ2n) is 5.08. The lowest BCUT2D eigenvalue weighted by Crippen LogP contribution is -2.27. The minimum absolute atomic E-state index is 0.231. The molecule has 0 unspecified atom stereocenters. The molecule has 2 rings (SSSR count). The fourth-order valence-electron chi connectivity index (χ4n) is 2.03. The molecule has 1 N–H and O–H groups in total. The van der Waals surface area contributed by atoms with E-state index in [1.807, 2.05) is 6.92 Å². The normalized spacial score (nSPS) is 13.1. The van der Waals surface area contributed by atoms with Crippen LogP contribution in [0.5, 0.6) is 0 Å². The molecule has 0 radical (unpaired) electrons. The maximum Gasteiger partial charge on any atom is 0.241 e. The average Bonchev–Trinajstić information content (AvgIpc) is 2.52. The lowest BCUT2D eigenvalue weighted by molar-refractivity contribution is 0.574. The monoisotopic (exact) mass is 347 g/mol. The van der Waals surface area contributed by atoms with E-state index < -0.39 is 16.1 Å². The summed E-state index contributed by atoms with van der Waals surface area (Å²) in [5.74, 6) is 0. The van der Waals surface area contributed by atoms with Gasteiger partial charge in [-0.15, -0.1) is 0 Å². The van der Waals surface area contributed by atoms with Crippen molar-refractivity contribution >= 4 is 21.6 Å². The first kappa shape index (κ1) is 17.5. The van der Waals surface area contributed by atoms with Crippen molar-refractivity contribution in [2.45, 2.75) is 17.9 Å². The Balaban J connectivity index is 2.33. The highest BCUT2D eigenvalue weighted by molar-refractivity contribution is 7.89. The molecule has 0 amide bonds. The molecule has 0 aromatic heterocycles. The van der Waals surface area contributed by atoms with Gasteiger partial charge in [0.15, 0.2) is 0 Å². The minimum atomic E-state index is -3.63. The zero-order valence-corrected chi connectivity index (χ0v) is 14.3. The quantitative estimate of drug-likeness (QED) is 0.787. The molecule has 0 spiro atoms. The molecule has 120 valence electrons. The van der Waals surface area contributed by atoms with Gasteiger partial charge in [-0.05, 0) is 36.8 Å². The van der Waals surface area contributed by atoms with Gasteiger partial charge < -0.3 is 0 Å². The van der Waals surface area contributed by atoms with E-state index in [9.17, 15) is 8.42 Å². The number of nitrogens with one attached hydrogen (secondary N) is 1. The molecule has 3 nitrogen and oxygen atoms in total. The highest BCUT2D eigenvalue weighted by atomic mass is 35.5. The number of allylic oxidation sites excluding steroid dienone is 2. The van der Waals surface area contributed by atoms with Gasteiger partial charge >= 0.3 is 0 Å². The molecule has 5 heteroatoms. The molecular weight excluding hydrogens is 330 g/mol. The summed E-state index contributed by atoms with van der Waals surface area (Å²) in [6.07, 6.45) is 5.04. The summed E-state index contributed by atoms with van der Waals surface area (Å²) in [5.41, 5.74) is 1.80. The van der Waals surface area contributed by atoms with Crippen molar-refractivity contribution in [3.63, 3.8) is 0 Å². The van der Waals surface area contributed by atoms with Crippen molar-refractivity contribution in [1.82, 2.24) is 4.72 Å². The van der Waals surface area contributed by atoms with Crippen molar-refractivity contribution in [3.05, 3.63) is 89.5 Å². The second-order valence-corrected chi connectivity index (χ2v) is 7.23. The van der Waals surface area contributed by atoms with E-state index in [4.69, 9.17) is 11.6 Å². The fourth-order valence-corrected chi connectivity index (χ4v) is 3.34. The highest BCUT2D eigenvalue weighted by Crippen LogP contribution is 2.21. The largest absolute Gasteiger partial charge is 0.241 e. The average molecular weight is 348 g/mol. The zero-order valence-electron chi connectivity index (χ0n) is 12.7. The van der Waals surface area contributed by atoms with Crippen molar-refractivity contribution in [1.29, 1.82) is 0 Å². The fraction of sp³-hybridized carbons (Fsp3) is 0.111. The van der Waals surface area contributed by atoms with Crippen molar-refractivity contribution in [3.8, 4) is 0 Å². The lowest BCUT2D eigenvalue weighted by atomic mass is 10.1. The Morgan fingerprint density at radius 3 is 2.26 bits per heavy atom. The molecular formula is C18H18ClNO2S. The van der Waals surface area contributed by atoms with Crippen LogP contribution in [-0.4, -0.2) is 8.42 Å². The van der Waals surface area contributed by atoms with E-state index in [2.05, 4.69) is 11.3 Å². The summed E-state index contributed by atoms with van der Waals surface area (Å²) >= 11 is 5.89. The van der Waals surface area contributed by atoms with Gasteiger partial charge in [0.25, 0.3) is 0 Å². The molecule has 0 aliphatic heterocycles. The molecule has 0 saturated carbocycles. The molecule has 0 heterocycles. The summed E-state index contributed by atoms with van der Waals surface area (Å²) in [6, 6.07) is 13.3. The Hall–Kier alpha value is -1.88. The van der Waals surface area contributed by atoms with Crippen LogP contribution in [0.15, 0.2) is 78.2 Å². The highest BCUT2D eigenvalue weighted by Gasteiger charge is 2.19. The van der Waals surface area contributed by atoms with Gasteiger partial charge in [-0.1, -0.05) is 66.2 Å². The van der Waals surface area contributed by atoms with Crippen LogP contribution < -0.4 is 4.72 Å². The smallest absolute Gasteiger partial charge is 0.207 e. The van der Waals surface area contributed by atoms with Crippen molar-refractivity contribution < 1.29 is 8.42 Å². The standard InChI is InChI=1S/C18H18ClNO2S/c1-3-4-5-18(15-8-10-16(19)11-9-15)20-23(21,22)17-12-6-14(2)7-13-17/h3-13,18,20H,1H2,2H3/b5-4-/t18-/m0/s1. The Morgan fingerprint density at radius 1 is 1.09 bits per heavy atom. The molecule has 2 aromatic rings. The summed E-state index contributed by atoms with van der Waals surface area (Å²) in [4.78, 5) is 0.231. The van der Waals surface area contributed by atoms with Crippen LogP contribution in [-0.2, 0) is 10.0 Å². The number of hydrogen-bond donors (Lipinski definition) is 1. The van der Waals surface area contributed by atoms with Gasteiger partial charge in [0.05, 0.1) is 10.9 Å². The zero-order chi connectivity index (χ0) is 16.9. The van der Waals surface area contributed by atoms with Crippen LogP contribution in [0.1, 0.15) is 17.2 Å². The third kappa shape index (κ3) is 4.79. The van der Waals surface area contributed by atoms with E-state index in [1.54, 1.807) is 66.8 Å². The molecule has 0 bridgehead atoms. The predicted octanol–water partition coefficient (Wildman–Crippen LogP) is 4.41. The van der Waals surface area contributed by atoms with Gasteiger partial charge in [-0.2, -0.15) is 4.72 Å². The molecule has 2 aromatic carbocycles. The van der Waals surface area contributed by atoms with Crippen molar-refractivity contribution in [2.75, 3.05) is 0 Å². The van der Waals surface area contributed by atoms with E-state index in [-0.39, 0.29) is 4.90 Å². The summed E-state index contributed by atoms with van der Waals surface area (Å²) < 4.78 is 27.8. The Morgan fingerprint density at radius 2 is 1.70 bits per heavy atom. The Kier molecular flexibility index (Phi) is 5.77. The number of aryl methyl sites for hydroxylation is 1. The van der Waals surface area contributed by atoms with Crippen LogP contribution in [0, 0.1) is 6.92 Å². The number of sulfonamides is 1. The molecule has 0 aliphatic rings.